The maximum absolute atomic E-state index is 12.0. The number of aromatic nitrogens is 4. The van der Waals surface area contributed by atoms with E-state index in [1.807, 2.05) is 22.5 Å². The third-order valence-corrected chi connectivity index (χ3v) is 8.79. The Labute approximate surface area is 255 Å². The van der Waals surface area contributed by atoms with Crippen LogP contribution < -0.4 is 20.5 Å². The second-order valence-electron chi connectivity index (χ2n) is 10.9. The SMILES string of the molecule is Cn1n[n+](-c2ccc(-c3nc(CCc4ccc5ccccc5c4)cs3)c(OCCN3CCNC3=O)c2)cc1CCCCN. The summed E-state index contributed by atoms with van der Waals surface area (Å²) in [4.78, 5) is 18.8. The summed E-state index contributed by atoms with van der Waals surface area (Å²) >= 11 is 1.63. The fourth-order valence-electron chi connectivity index (χ4n) is 5.41. The van der Waals surface area contributed by atoms with Gasteiger partial charge in [0, 0.05) is 31.0 Å². The Hall–Kier alpha value is -4.28. The maximum Gasteiger partial charge on any atom is 0.317 e. The first-order valence-electron chi connectivity index (χ1n) is 14.9. The van der Waals surface area contributed by atoms with Gasteiger partial charge in [-0.2, -0.15) is 0 Å². The number of urea groups is 1. The van der Waals surface area contributed by atoms with Crippen LogP contribution in [0, 0.1) is 0 Å². The number of nitrogens with two attached hydrogens (primary N) is 1. The number of hydrogen-bond acceptors (Lipinski definition) is 6. The van der Waals surface area contributed by atoms with Crippen molar-refractivity contribution in [3.8, 4) is 22.0 Å². The third-order valence-electron chi connectivity index (χ3n) is 7.86. The fourth-order valence-corrected chi connectivity index (χ4v) is 6.29. The number of benzene rings is 3. The van der Waals surface area contributed by atoms with Crippen molar-refractivity contribution >= 4 is 28.1 Å². The van der Waals surface area contributed by atoms with E-state index >= 15 is 0 Å². The van der Waals surface area contributed by atoms with Gasteiger partial charge in [0.15, 0.2) is 17.6 Å². The molecule has 3 N–H and O–H groups in total. The molecule has 0 atom stereocenters. The van der Waals surface area contributed by atoms with Crippen molar-refractivity contribution < 1.29 is 14.2 Å². The number of carbonyl (C=O) groups excluding carboxylic acids is 1. The highest BCUT2D eigenvalue weighted by Crippen LogP contribution is 2.34. The standard InChI is InChI=1S/C33H37N7O2S/c1-38-29(8-4-5-15-34)22-40(37-38)28-13-14-30(31(21-28)42-19-18-39-17-16-35-33(39)41)32-36-27(23-43-32)12-10-24-9-11-25-6-2-3-7-26(25)20-24/h2-3,6-7,9,11,13-14,20-23H,4-5,8,10,12,15-19,34H2,1H3/p+1. The first kappa shape index (κ1) is 28.8. The molecule has 3 heterocycles. The van der Waals surface area contributed by atoms with Gasteiger partial charge in [-0.05, 0) is 60.7 Å². The molecule has 1 aliphatic rings. The van der Waals surface area contributed by atoms with E-state index in [2.05, 4.69) is 71.5 Å². The Morgan fingerprint density at radius 1 is 1.05 bits per heavy atom. The summed E-state index contributed by atoms with van der Waals surface area (Å²) in [6, 6.07) is 21.2. The minimum absolute atomic E-state index is 0.0419. The molecule has 2 aromatic heterocycles. The lowest BCUT2D eigenvalue weighted by molar-refractivity contribution is -0.661. The molecule has 1 saturated heterocycles. The van der Waals surface area contributed by atoms with Crippen molar-refractivity contribution in [3.63, 3.8) is 0 Å². The highest BCUT2D eigenvalue weighted by Gasteiger charge is 2.21. The second kappa shape index (κ2) is 13.4. The number of carbonyl (C=O) groups is 1. The molecule has 43 heavy (non-hydrogen) atoms. The van der Waals surface area contributed by atoms with Gasteiger partial charge in [-0.25, -0.2) is 9.78 Å². The average Bonchev–Trinajstić information content (AvgIpc) is 3.76. The molecule has 1 aliphatic heterocycles. The van der Waals surface area contributed by atoms with E-state index in [1.54, 1.807) is 16.2 Å². The van der Waals surface area contributed by atoms with Gasteiger partial charge in [0.25, 0.3) is 0 Å². The summed E-state index contributed by atoms with van der Waals surface area (Å²) in [6.45, 7) is 2.97. The van der Waals surface area contributed by atoms with Crippen LogP contribution in [0.4, 0.5) is 4.79 Å². The molecule has 0 radical (unpaired) electrons. The largest absolute Gasteiger partial charge is 0.491 e. The number of nitrogens with one attached hydrogen (secondary N) is 1. The van der Waals surface area contributed by atoms with Crippen LogP contribution in [0.15, 0.2) is 72.2 Å². The molecule has 3 aromatic carbocycles. The van der Waals surface area contributed by atoms with Crippen LogP contribution in [0.25, 0.3) is 27.0 Å². The molecular weight excluding hydrogens is 558 g/mol. The normalized spacial score (nSPS) is 13.2. The zero-order valence-corrected chi connectivity index (χ0v) is 25.4. The maximum atomic E-state index is 12.0. The van der Waals surface area contributed by atoms with Gasteiger partial charge in [-0.1, -0.05) is 42.5 Å². The Balaban J connectivity index is 1.21. The molecule has 0 bridgehead atoms. The number of ether oxygens (including phenoxy) is 1. The van der Waals surface area contributed by atoms with Crippen molar-refractivity contribution in [2.75, 3.05) is 32.8 Å². The van der Waals surface area contributed by atoms with Gasteiger partial charge in [-0.3, -0.25) is 0 Å². The van der Waals surface area contributed by atoms with E-state index in [-0.39, 0.29) is 6.03 Å². The van der Waals surface area contributed by atoms with E-state index in [0.29, 0.717) is 32.8 Å². The van der Waals surface area contributed by atoms with Crippen LogP contribution in [0.3, 0.4) is 0 Å². The van der Waals surface area contributed by atoms with Gasteiger partial charge < -0.3 is 20.7 Å². The monoisotopic (exact) mass is 596 g/mol. The Bertz CT molecular complexity index is 1710. The first-order chi connectivity index (χ1) is 21.1. The summed E-state index contributed by atoms with van der Waals surface area (Å²) in [5, 5.41) is 13.1. The molecule has 5 aromatic rings. The van der Waals surface area contributed by atoms with Crippen LogP contribution in [-0.2, 0) is 26.3 Å². The molecular formula is C33H38N7O2S+. The van der Waals surface area contributed by atoms with Crippen LogP contribution in [0.1, 0.15) is 29.8 Å². The predicted molar refractivity (Wildman–Crippen MR) is 170 cm³/mol. The molecule has 0 saturated carbocycles. The molecule has 0 aliphatic carbocycles. The molecule has 6 rings (SSSR count). The van der Waals surface area contributed by atoms with Crippen LogP contribution in [0.2, 0.25) is 0 Å². The quantitative estimate of drug-likeness (QED) is 0.155. The third kappa shape index (κ3) is 6.87. The molecule has 1 fully saturated rings. The van der Waals surface area contributed by atoms with Crippen molar-refractivity contribution in [3.05, 3.63) is 89.2 Å². The minimum atomic E-state index is -0.0419. The zero-order valence-electron chi connectivity index (χ0n) is 24.5. The summed E-state index contributed by atoms with van der Waals surface area (Å²) in [5.74, 6) is 0.732. The summed E-state index contributed by atoms with van der Waals surface area (Å²) in [7, 11) is 1.97. The molecule has 10 heteroatoms. The number of rotatable bonds is 13. The average molecular weight is 597 g/mol. The number of fused-ring (bicyclic) bond motifs is 1. The summed E-state index contributed by atoms with van der Waals surface area (Å²) in [6.07, 6.45) is 6.81. The minimum Gasteiger partial charge on any atom is -0.491 e. The second-order valence-corrected chi connectivity index (χ2v) is 11.8. The molecule has 0 spiro atoms. The highest BCUT2D eigenvalue weighted by molar-refractivity contribution is 7.13. The predicted octanol–water partition coefficient (Wildman–Crippen LogP) is 4.44. The Morgan fingerprint density at radius 2 is 1.93 bits per heavy atom. The topological polar surface area (TPSA) is 102 Å². The zero-order chi connectivity index (χ0) is 29.6. The lowest BCUT2D eigenvalue weighted by atomic mass is 10.0. The van der Waals surface area contributed by atoms with Gasteiger partial charge >= 0.3 is 6.03 Å². The Kier molecular flexibility index (Phi) is 8.95. The van der Waals surface area contributed by atoms with Crippen LogP contribution in [0.5, 0.6) is 5.75 Å². The van der Waals surface area contributed by atoms with Crippen LogP contribution in [-0.4, -0.2) is 58.6 Å². The highest BCUT2D eigenvalue weighted by atomic mass is 32.1. The lowest BCUT2D eigenvalue weighted by Crippen LogP contribution is -2.33. The Morgan fingerprint density at radius 3 is 2.77 bits per heavy atom. The molecule has 9 nitrogen and oxygen atoms in total. The van der Waals surface area contributed by atoms with E-state index in [1.165, 1.54) is 16.3 Å². The number of amides is 2. The number of hydrogen-bond donors (Lipinski definition) is 2. The van der Waals surface area contributed by atoms with Crippen molar-refractivity contribution in [2.24, 2.45) is 12.8 Å². The van der Waals surface area contributed by atoms with Crippen LogP contribution >= 0.6 is 11.3 Å². The van der Waals surface area contributed by atoms with E-state index in [4.69, 9.17) is 20.7 Å². The number of aryl methyl sites for hydroxylation is 4. The van der Waals surface area contributed by atoms with E-state index in [0.717, 1.165) is 65.5 Å². The first-order valence-corrected chi connectivity index (χ1v) is 15.8. The summed E-state index contributed by atoms with van der Waals surface area (Å²) in [5.41, 5.74) is 11.1. The number of nitrogens with zero attached hydrogens (tertiary/aromatic N) is 5. The fraction of sp³-hybridized carbons (Fsp3) is 0.333. The molecule has 2 amide bonds. The number of thiazole rings is 1. The summed E-state index contributed by atoms with van der Waals surface area (Å²) < 4.78 is 10.1. The van der Waals surface area contributed by atoms with E-state index in [9.17, 15) is 4.79 Å². The van der Waals surface area contributed by atoms with E-state index < -0.39 is 0 Å². The van der Waals surface area contributed by atoms with Crippen molar-refractivity contribution in [1.29, 1.82) is 0 Å². The van der Waals surface area contributed by atoms with Gasteiger partial charge in [0.2, 0.25) is 0 Å². The molecule has 222 valence electrons. The van der Waals surface area contributed by atoms with Gasteiger partial charge in [-0.15, -0.1) is 20.7 Å². The van der Waals surface area contributed by atoms with Crippen molar-refractivity contribution in [1.82, 2.24) is 25.1 Å². The van der Waals surface area contributed by atoms with Gasteiger partial charge in [0.05, 0.1) is 23.0 Å². The smallest absolute Gasteiger partial charge is 0.317 e. The van der Waals surface area contributed by atoms with Crippen molar-refractivity contribution in [2.45, 2.75) is 32.1 Å². The lowest BCUT2D eigenvalue weighted by Gasteiger charge is -2.16. The number of unbranched alkanes of at least 4 members (excludes halogenated alkanes) is 1. The molecule has 0 unspecified atom stereocenters. The van der Waals surface area contributed by atoms with Gasteiger partial charge in [0.1, 0.15) is 24.4 Å².